The minimum absolute atomic E-state index is 0.476. The van der Waals surface area contributed by atoms with E-state index < -0.39 is 11.0 Å². The average Bonchev–Trinajstić information content (AvgIpc) is 2.26. The number of nitrogens with zero attached hydrogens (tertiary/aromatic N) is 1. The lowest BCUT2D eigenvalue weighted by Gasteiger charge is -2.49. The second-order valence-corrected chi connectivity index (χ2v) is 7.35. The quantitative estimate of drug-likeness (QED) is 0.760. The van der Waals surface area contributed by atoms with Gasteiger partial charge in [-0.3, -0.25) is 0 Å². The standard InChI is InChI=1S/C17H29NO/c1-14-10-15(2)12-17(19,11-14)16(13-18)8-6-4-3-5-7-9-16/h14-15,19H,3-12H2,1-2H3. The van der Waals surface area contributed by atoms with Crippen molar-refractivity contribution >= 4 is 0 Å². The highest BCUT2D eigenvalue weighted by molar-refractivity contribution is 5.13. The van der Waals surface area contributed by atoms with Crippen molar-refractivity contribution in [2.24, 2.45) is 17.3 Å². The average molecular weight is 263 g/mol. The van der Waals surface area contributed by atoms with Crippen LogP contribution < -0.4 is 0 Å². The second-order valence-electron chi connectivity index (χ2n) is 7.35. The summed E-state index contributed by atoms with van der Waals surface area (Å²) in [6.45, 7) is 4.46. The fraction of sp³-hybridized carbons (Fsp3) is 0.941. The predicted molar refractivity (Wildman–Crippen MR) is 77.5 cm³/mol. The summed E-state index contributed by atoms with van der Waals surface area (Å²) in [4.78, 5) is 0. The maximum absolute atomic E-state index is 11.3. The van der Waals surface area contributed by atoms with Crippen LogP contribution in [0.3, 0.4) is 0 Å². The highest BCUT2D eigenvalue weighted by Gasteiger charge is 2.52. The van der Waals surface area contributed by atoms with Crippen molar-refractivity contribution in [3.63, 3.8) is 0 Å². The van der Waals surface area contributed by atoms with E-state index in [1.165, 1.54) is 25.7 Å². The van der Waals surface area contributed by atoms with Crippen LogP contribution in [0, 0.1) is 28.6 Å². The van der Waals surface area contributed by atoms with Gasteiger partial charge in [0.25, 0.3) is 0 Å². The summed E-state index contributed by atoms with van der Waals surface area (Å²) in [6.07, 6.45) is 10.6. The Morgan fingerprint density at radius 1 is 0.947 bits per heavy atom. The molecule has 0 radical (unpaired) electrons. The predicted octanol–water partition coefficient (Wildman–Crippen LogP) is 4.43. The molecule has 2 aliphatic rings. The number of aliphatic hydroxyl groups is 1. The molecule has 0 aromatic heterocycles. The van der Waals surface area contributed by atoms with Gasteiger partial charge < -0.3 is 5.11 Å². The van der Waals surface area contributed by atoms with E-state index in [4.69, 9.17) is 0 Å². The van der Waals surface area contributed by atoms with Gasteiger partial charge in [-0.1, -0.05) is 46.0 Å². The van der Waals surface area contributed by atoms with Crippen molar-refractivity contribution in [1.82, 2.24) is 0 Å². The van der Waals surface area contributed by atoms with Gasteiger partial charge in [-0.15, -0.1) is 0 Å². The van der Waals surface area contributed by atoms with Gasteiger partial charge in [0.05, 0.1) is 17.1 Å². The molecule has 2 aliphatic carbocycles. The minimum atomic E-state index is -0.740. The van der Waals surface area contributed by atoms with Crippen molar-refractivity contribution in [3.05, 3.63) is 0 Å². The van der Waals surface area contributed by atoms with E-state index in [1.54, 1.807) is 0 Å². The third-order valence-electron chi connectivity index (χ3n) is 5.49. The van der Waals surface area contributed by atoms with Crippen LogP contribution in [0.15, 0.2) is 0 Å². The van der Waals surface area contributed by atoms with Gasteiger partial charge in [-0.2, -0.15) is 5.26 Å². The fourth-order valence-electron chi connectivity index (χ4n) is 4.67. The van der Waals surface area contributed by atoms with Crippen LogP contribution >= 0.6 is 0 Å². The monoisotopic (exact) mass is 263 g/mol. The van der Waals surface area contributed by atoms with E-state index in [9.17, 15) is 10.4 Å². The lowest BCUT2D eigenvalue weighted by atomic mass is 9.57. The first-order valence-corrected chi connectivity index (χ1v) is 8.15. The minimum Gasteiger partial charge on any atom is -0.388 e. The van der Waals surface area contributed by atoms with Crippen molar-refractivity contribution in [3.8, 4) is 6.07 Å². The molecule has 0 aromatic rings. The molecule has 2 nitrogen and oxygen atoms in total. The Balaban J connectivity index is 2.24. The topological polar surface area (TPSA) is 44.0 Å². The molecule has 0 amide bonds. The van der Waals surface area contributed by atoms with Crippen molar-refractivity contribution in [2.45, 2.75) is 83.7 Å². The number of rotatable bonds is 1. The van der Waals surface area contributed by atoms with E-state index in [2.05, 4.69) is 19.9 Å². The molecule has 2 atom stereocenters. The highest BCUT2D eigenvalue weighted by atomic mass is 16.3. The first kappa shape index (κ1) is 14.9. The Bertz CT molecular complexity index is 326. The van der Waals surface area contributed by atoms with Gasteiger partial charge in [0.1, 0.15) is 0 Å². The maximum Gasteiger partial charge on any atom is 0.0860 e. The summed E-state index contributed by atoms with van der Waals surface area (Å²) < 4.78 is 0. The zero-order chi connectivity index (χ0) is 13.9. The Kier molecular flexibility index (Phi) is 4.56. The molecule has 0 bridgehead atoms. The van der Waals surface area contributed by atoms with Crippen LogP contribution in [0.5, 0.6) is 0 Å². The molecule has 2 fully saturated rings. The molecular formula is C17H29NO. The third kappa shape index (κ3) is 2.97. The summed E-state index contributed by atoms with van der Waals surface area (Å²) in [5.41, 5.74) is -1.22. The molecule has 0 saturated heterocycles. The Morgan fingerprint density at radius 3 is 1.89 bits per heavy atom. The molecule has 2 rings (SSSR count). The second kappa shape index (κ2) is 5.83. The zero-order valence-electron chi connectivity index (χ0n) is 12.6. The van der Waals surface area contributed by atoms with Crippen LogP contribution in [0.2, 0.25) is 0 Å². The van der Waals surface area contributed by atoms with E-state index >= 15 is 0 Å². The summed E-state index contributed by atoms with van der Waals surface area (Å²) in [5.74, 6) is 1.09. The number of hydrogen-bond donors (Lipinski definition) is 1. The summed E-state index contributed by atoms with van der Waals surface area (Å²) in [7, 11) is 0. The van der Waals surface area contributed by atoms with Gasteiger partial charge in [-0.05, 0) is 43.9 Å². The smallest absolute Gasteiger partial charge is 0.0860 e. The van der Waals surface area contributed by atoms with Crippen LogP contribution in [0.25, 0.3) is 0 Å². The number of hydrogen-bond acceptors (Lipinski definition) is 2. The van der Waals surface area contributed by atoms with Gasteiger partial charge >= 0.3 is 0 Å². The van der Waals surface area contributed by atoms with Crippen LogP contribution in [-0.2, 0) is 0 Å². The lowest BCUT2D eigenvalue weighted by molar-refractivity contribution is -0.116. The Hall–Kier alpha value is -0.550. The molecule has 2 heteroatoms. The van der Waals surface area contributed by atoms with E-state index in [0.717, 1.165) is 38.5 Å². The van der Waals surface area contributed by atoms with Gasteiger partial charge in [0, 0.05) is 0 Å². The molecule has 19 heavy (non-hydrogen) atoms. The maximum atomic E-state index is 11.3. The first-order valence-electron chi connectivity index (χ1n) is 8.15. The summed E-state index contributed by atoms with van der Waals surface area (Å²) in [5, 5.41) is 21.1. The largest absolute Gasteiger partial charge is 0.388 e. The SMILES string of the molecule is CC1CC(C)CC(O)(C2(C#N)CCCCCCC2)C1. The first-order chi connectivity index (χ1) is 9.01. The Morgan fingerprint density at radius 2 is 1.42 bits per heavy atom. The molecule has 108 valence electrons. The van der Waals surface area contributed by atoms with Crippen molar-refractivity contribution < 1.29 is 5.11 Å². The van der Waals surface area contributed by atoms with Crippen molar-refractivity contribution in [1.29, 1.82) is 5.26 Å². The van der Waals surface area contributed by atoms with E-state index in [0.29, 0.717) is 11.8 Å². The Labute approximate surface area is 118 Å². The normalized spacial score (nSPS) is 39.9. The molecule has 0 aromatic carbocycles. The van der Waals surface area contributed by atoms with Crippen LogP contribution in [-0.4, -0.2) is 10.7 Å². The molecule has 1 N–H and O–H groups in total. The highest BCUT2D eigenvalue weighted by Crippen LogP contribution is 2.51. The summed E-state index contributed by atoms with van der Waals surface area (Å²) in [6, 6.07) is 2.59. The van der Waals surface area contributed by atoms with Gasteiger partial charge in [0.2, 0.25) is 0 Å². The van der Waals surface area contributed by atoms with Crippen LogP contribution in [0.1, 0.15) is 78.1 Å². The van der Waals surface area contributed by atoms with Gasteiger partial charge in [0.15, 0.2) is 0 Å². The van der Waals surface area contributed by atoms with Gasteiger partial charge in [-0.25, -0.2) is 0 Å². The van der Waals surface area contributed by atoms with Crippen LogP contribution in [0.4, 0.5) is 0 Å². The summed E-state index contributed by atoms with van der Waals surface area (Å²) >= 11 is 0. The molecule has 2 saturated carbocycles. The molecular weight excluding hydrogens is 234 g/mol. The fourth-order valence-corrected chi connectivity index (χ4v) is 4.67. The molecule has 0 spiro atoms. The van der Waals surface area contributed by atoms with Crippen molar-refractivity contribution in [2.75, 3.05) is 0 Å². The molecule has 0 heterocycles. The van der Waals surface area contributed by atoms with E-state index in [1.807, 2.05) is 0 Å². The third-order valence-corrected chi connectivity index (χ3v) is 5.49. The zero-order valence-corrected chi connectivity index (χ0v) is 12.6. The number of nitriles is 1. The van der Waals surface area contributed by atoms with E-state index in [-0.39, 0.29) is 0 Å². The molecule has 2 unspecified atom stereocenters. The molecule has 0 aliphatic heterocycles. The lowest BCUT2D eigenvalue weighted by Crippen LogP contribution is -2.52.